The molecule has 0 spiro atoms. The average Bonchev–Trinajstić information content (AvgIpc) is 2.14. The SMILES string of the molecule is CS(=O)(=O)Cc1ccc(C(=O)O)cc1[N+](=O)[O-]. The maximum atomic E-state index is 11.1. The first kappa shape index (κ1) is 13.1. The molecule has 0 heterocycles. The summed E-state index contributed by atoms with van der Waals surface area (Å²) in [5.41, 5.74) is -0.785. The van der Waals surface area contributed by atoms with Gasteiger partial charge in [-0.25, -0.2) is 13.2 Å². The molecular formula is C9H9NO6S. The van der Waals surface area contributed by atoms with Gasteiger partial charge in [-0.05, 0) is 6.07 Å². The van der Waals surface area contributed by atoms with Crippen LogP contribution in [0.3, 0.4) is 0 Å². The Balaban J connectivity index is 3.32. The Labute approximate surface area is 96.8 Å². The Hall–Kier alpha value is -1.96. The zero-order valence-electron chi connectivity index (χ0n) is 8.78. The van der Waals surface area contributed by atoms with E-state index < -0.39 is 32.2 Å². The molecule has 1 rings (SSSR count). The van der Waals surface area contributed by atoms with E-state index in [1.54, 1.807) is 0 Å². The number of nitrogens with zero attached hydrogens (tertiary/aromatic N) is 1. The highest BCUT2D eigenvalue weighted by molar-refractivity contribution is 7.89. The molecule has 0 amide bonds. The summed E-state index contributed by atoms with van der Waals surface area (Å²) in [4.78, 5) is 20.5. The first-order valence-electron chi connectivity index (χ1n) is 4.39. The molecule has 17 heavy (non-hydrogen) atoms. The third kappa shape index (κ3) is 3.52. The summed E-state index contributed by atoms with van der Waals surface area (Å²) in [7, 11) is -3.42. The lowest BCUT2D eigenvalue weighted by molar-refractivity contribution is -0.385. The van der Waals surface area contributed by atoms with Gasteiger partial charge in [0, 0.05) is 17.9 Å². The van der Waals surface area contributed by atoms with Crippen LogP contribution in [0.25, 0.3) is 0 Å². The van der Waals surface area contributed by atoms with E-state index in [1.165, 1.54) is 0 Å². The molecule has 0 atom stereocenters. The highest BCUT2D eigenvalue weighted by Gasteiger charge is 2.19. The van der Waals surface area contributed by atoms with Crippen LogP contribution < -0.4 is 0 Å². The molecule has 92 valence electrons. The van der Waals surface area contributed by atoms with Gasteiger partial charge in [-0.3, -0.25) is 10.1 Å². The first-order valence-corrected chi connectivity index (χ1v) is 6.45. The van der Waals surface area contributed by atoms with Crippen molar-refractivity contribution in [2.45, 2.75) is 5.75 Å². The topological polar surface area (TPSA) is 115 Å². The number of hydrogen-bond acceptors (Lipinski definition) is 5. The molecule has 0 unspecified atom stereocenters. The van der Waals surface area contributed by atoms with E-state index in [0.717, 1.165) is 24.5 Å². The molecule has 0 aromatic heterocycles. The van der Waals surface area contributed by atoms with Crippen molar-refractivity contribution in [3.05, 3.63) is 39.4 Å². The van der Waals surface area contributed by atoms with Gasteiger partial charge in [-0.15, -0.1) is 0 Å². The lowest BCUT2D eigenvalue weighted by Gasteiger charge is -2.02. The number of carboxylic acids is 1. The number of hydrogen-bond donors (Lipinski definition) is 1. The molecule has 0 aliphatic carbocycles. The van der Waals surface area contributed by atoms with E-state index >= 15 is 0 Å². The van der Waals surface area contributed by atoms with Gasteiger partial charge >= 0.3 is 5.97 Å². The van der Waals surface area contributed by atoms with Crippen LogP contribution in [0.2, 0.25) is 0 Å². The molecule has 0 radical (unpaired) electrons. The minimum Gasteiger partial charge on any atom is -0.478 e. The Morgan fingerprint density at radius 1 is 1.47 bits per heavy atom. The lowest BCUT2D eigenvalue weighted by atomic mass is 10.1. The highest BCUT2D eigenvalue weighted by Crippen LogP contribution is 2.22. The fraction of sp³-hybridized carbons (Fsp3) is 0.222. The summed E-state index contributed by atoms with van der Waals surface area (Å²) in [6, 6.07) is 3.13. The summed E-state index contributed by atoms with van der Waals surface area (Å²) in [5, 5.41) is 19.4. The van der Waals surface area contributed by atoms with Gasteiger partial charge in [0.25, 0.3) is 5.69 Å². The maximum absolute atomic E-state index is 11.1. The van der Waals surface area contributed by atoms with E-state index in [0.29, 0.717) is 0 Å². The second kappa shape index (κ2) is 4.50. The maximum Gasteiger partial charge on any atom is 0.335 e. The van der Waals surface area contributed by atoms with Crippen molar-refractivity contribution >= 4 is 21.5 Å². The summed E-state index contributed by atoms with van der Waals surface area (Å²) in [5.74, 6) is -1.80. The molecule has 0 saturated carbocycles. The van der Waals surface area contributed by atoms with Gasteiger partial charge in [0.1, 0.15) is 0 Å². The lowest BCUT2D eigenvalue weighted by Crippen LogP contribution is -2.06. The third-order valence-corrected chi connectivity index (χ3v) is 2.78. The van der Waals surface area contributed by atoms with Crippen LogP contribution >= 0.6 is 0 Å². The summed E-state index contributed by atoms with van der Waals surface area (Å²) >= 11 is 0. The van der Waals surface area contributed by atoms with E-state index in [4.69, 9.17) is 5.11 Å². The van der Waals surface area contributed by atoms with Gasteiger partial charge in [-0.2, -0.15) is 0 Å². The third-order valence-electron chi connectivity index (χ3n) is 1.95. The normalized spacial score (nSPS) is 11.1. The predicted octanol–water partition coefficient (Wildman–Crippen LogP) is 0.838. The summed E-state index contributed by atoms with van der Waals surface area (Å²) in [6.45, 7) is 0. The average molecular weight is 259 g/mol. The first-order chi connectivity index (χ1) is 7.70. The monoisotopic (exact) mass is 259 g/mol. The van der Waals surface area contributed by atoms with Crippen LogP contribution in [-0.2, 0) is 15.6 Å². The minimum absolute atomic E-state index is 0.0255. The van der Waals surface area contributed by atoms with Gasteiger partial charge in [0.2, 0.25) is 0 Å². The second-order valence-electron chi connectivity index (χ2n) is 3.48. The van der Waals surface area contributed by atoms with Crippen LogP contribution in [0.15, 0.2) is 18.2 Å². The van der Waals surface area contributed by atoms with Crippen LogP contribution in [0.5, 0.6) is 0 Å². The van der Waals surface area contributed by atoms with Crippen LogP contribution in [0.4, 0.5) is 5.69 Å². The molecule has 7 nitrogen and oxygen atoms in total. The molecule has 0 aliphatic heterocycles. The fourth-order valence-corrected chi connectivity index (χ4v) is 2.08. The number of aromatic carboxylic acids is 1. The van der Waals surface area contributed by atoms with Gasteiger partial charge in [0.05, 0.1) is 16.2 Å². The van der Waals surface area contributed by atoms with E-state index in [9.17, 15) is 23.3 Å². The zero-order chi connectivity index (χ0) is 13.2. The number of benzene rings is 1. The van der Waals surface area contributed by atoms with Crippen LogP contribution in [0, 0.1) is 10.1 Å². The molecule has 0 aliphatic rings. The van der Waals surface area contributed by atoms with Gasteiger partial charge in [-0.1, -0.05) is 6.07 Å². The quantitative estimate of drug-likeness (QED) is 0.632. The molecule has 1 aromatic carbocycles. The van der Waals surface area contributed by atoms with Crippen molar-refractivity contribution in [2.75, 3.05) is 6.26 Å². The largest absolute Gasteiger partial charge is 0.478 e. The summed E-state index contributed by atoms with van der Waals surface area (Å²) in [6.07, 6.45) is 0.946. The van der Waals surface area contributed by atoms with Crippen molar-refractivity contribution in [3.63, 3.8) is 0 Å². The van der Waals surface area contributed by atoms with E-state index in [1.807, 2.05) is 0 Å². The Bertz CT molecular complexity index is 577. The van der Waals surface area contributed by atoms with Crippen molar-refractivity contribution in [1.29, 1.82) is 0 Å². The minimum atomic E-state index is -3.42. The Morgan fingerprint density at radius 3 is 2.47 bits per heavy atom. The molecule has 0 fully saturated rings. The molecule has 1 aromatic rings. The van der Waals surface area contributed by atoms with Crippen molar-refractivity contribution in [2.24, 2.45) is 0 Å². The zero-order valence-corrected chi connectivity index (χ0v) is 9.60. The number of carbonyl (C=O) groups is 1. The van der Waals surface area contributed by atoms with E-state index in [2.05, 4.69) is 0 Å². The van der Waals surface area contributed by atoms with E-state index in [-0.39, 0.29) is 11.1 Å². The number of nitro benzene ring substituents is 1. The Kier molecular flexibility index (Phi) is 3.47. The highest BCUT2D eigenvalue weighted by atomic mass is 32.2. The fourth-order valence-electron chi connectivity index (χ4n) is 1.27. The molecule has 1 N–H and O–H groups in total. The number of sulfone groups is 1. The summed E-state index contributed by atoms with van der Waals surface area (Å²) < 4.78 is 22.1. The standard InChI is InChI=1S/C9H9NO6S/c1-17(15,16)5-7-3-2-6(9(11)12)4-8(7)10(13)14/h2-4H,5H2,1H3,(H,11,12). The molecule has 8 heteroatoms. The van der Waals surface area contributed by atoms with Crippen molar-refractivity contribution in [1.82, 2.24) is 0 Å². The van der Waals surface area contributed by atoms with Crippen molar-refractivity contribution < 1.29 is 23.2 Å². The molecule has 0 saturated heterocycles. The molecule has 0 bridgehead atoms. The predicted molar refractivity (Wildman–Crippen MR) is 58.6 cm³/mol. The number of nitro groups is 1. The van der Waals surface area contributed by atoms with Crippen molar-refractivity contribution in [3.8, 4) is 0 Å². The second-order valence-corrected chi connectivity index (χ2v) is 5.62. The van der Waals surface area contributed by atoms with Gasteiger partial charge < -0.3 is 5.11 Å². The number of rotatable bonds is 4. The Morgan fingerprint density at radius 2 is 2.06 bits per heavy atom. The van der Waals surface area contributed by atoms with Crippen LogP contribution in [-0.4, -0.2) is 30.7 Å². The number of carboxylic acid groups (broad SMARTS) is 1. The smallest absolute Gasteiger partial charge is 0.335 e. The molecular weight excluding hydrogens is 250 g/mol. The van der Waals surface area contributed by atoms with Crippen LogP contribution in [0.1, 0.15) is 15.9 Å². The van der Waals surface area contributed by atoms with Gasteiger partial charge in [0.15, 0.2) is 9.84 Å².